The van der Waals surface area contributed by atoms with Crippen LogP contribution in [0.15, 0.2) is 41.4 Å². The molecule has 2 aliphatic rings. The molecule has 0 amide bonds. The number of aliphatic hydroxyl groups excluding tert-OH is 1. The molecule has 3 heterocycles. The van der Waals surface area contributed by atoms with E-state index < -0.39 is 40.4 Å². The Labute approximate surface area is 162 Å². The van der Waals surface area contributed by atoms with E-state index in [1.807, 2.05) is 0 Å². The van der Waals surface area contributed by atoms with E-state index in [9.17, 15) is 13.5 Å². The molecule has 1 aromatic heterocycles. The van der Waals surface area contributed by atoms with Crippen molar-refractivity contribution in [3.8, 4) is 0 Å². The molecule has 2 N–H and O–H groups in total. The van der Waals surface area contributed by atoms with E-state index in [0.717, 1.165) is 0 Å². The van der Waals surface area contributed by atoms with Crippen molar-refractivity contribution in [2.24, 2.45) is 0 Å². The Bertz CT molecular complexity index is 932. The van der Waals surface area contributed by atoms with Gasteiger partial charge in [0, 0.05) is 0 Å². The first-order valence-electron chi connectivity index (χ1n) is 8.86. The number of nitrogens with zero attached hydrogens (tertiary/aromatic N) is 3. The highest BCUT2D eigenvalue weighted by atomic mass is 32.2. The van der Waals surface area contributed by atoms with Crippen LogP contribution < -0.4 is 4.72 Å². The number of sulfonamides is 1. The number of aliphatic hydroxyl groups is 1. The molecular formula is C17H22N4O6S. The fourth-order valence-corrected chi connectivity index (χ4v) is 4.41. The van der Waals surface area contributed by atoms with Crippen LogP contribution in [0.5, 0.6) is 0 Å². The average molecular weight is 410 g/mol. The fraction of sp³-hybridized carbons (Fsp3) is 0.529. The lowest BCUT2D eigenvalue weighted by atomic mass is 10.1. The zero-order valence-electron chi connectivity index (χ0n) is 15.4. The summed E-state index contributed by atoms with van der Waals surface area (Å²) in [6.07, 6.45) is -0.460. The normalized spacial score (nSPS) is 29.1. The smallest absolute Gasteiger partial charge is 0.240 e. The lowest BCUT2D eigenvalue weighted by Crippen LogP contribution is -2.31. The second kappa shape index (κ2) is 7.17. The molecule has 2 aromatic rings. The Hall–Kier alpha value is -1.89. The molecule has 0 radical (unpaired) electrons. The van der Waals surface area contributed by atoms with Gasteiger partial charge in [0.1, 0.15) is 18.3 Å². The highest BCUT2D eigenvalue weighted by Crippen LogP contribution is 2.42. The molecule has 0 aliphatic carbocycles. The van der Waals surface area contributed by atoms with Crippen molar-refractivity contribution in [2.45, 2.75) is 55.6 Å². The molecule has 0 saturated carbocycles. The quantitative estimate of drug-likeness (QED) is 0.690. The Kier molecular flexibility index (Phi) is 4.98. The summed E-state index contributed by atoms with van der Waals surface area (Å²) in [5.41, 5.74) is 0.422. The number of benzene rings is 1. The van der Waals surface area contributed by atoms with E-state index in [0.29, 0.717) is 5.69 Å². The lowest BCUT2D eigenvalue weighted by molar-refractivity contribution is -0.201. The maximum Gasteiger partial charge on any atom is 0.240 e. The topological polar surface area (TPSA) is 125 Å². The third kappa shape index (κ3) is 3.69. The van der Waals surface area contributed by atoms with Crippen LogP contribution in [0.3, 0.4) is 0 Å². The first-order valence-corrected chi connectivity index (χ1v) is 10.3. The SMILES string of the molecule is CC1(C)O[C@@H]2[C@H](O1)[C@@H](CO)O[C@H]2n1cc(CNS(=O)(=O)c2ccccc2)nn1. The number of hydrogen-bond acceptors (Lipinski definition) is 8. The van der Waals surface area contributed by atoms with Crippen LogP contribution in [0.2, 0.25) is 0 Å². The second-order valence-corrected chi connectivity index (χ2v) is 8.91. The van der Waals surface area contributed by atoms with Gasteiger partial charge in [0.2, 0.25) is 10.0 Å². The maximum absolute atomic E-state index is 12.3. The van der Waals surface area contributed by atoms with E-state index >= 15 is 0 Å². The minimum Gasteiger partial charge on any atom is -0.394 e. The van der Waals surface area contributed by atoms with Gasteiger partial charge in [-0.3, -0.25) is 0 Å². The molecule has 2 fully saturated rings. The summed E-state index contributed by atoms with van der Waals surface area (Å²) in [5, 5.41) is 17.6. The molecular weight excluding hydrogens is 388 g/mol. The van der Waals surface area contributed by atoms with Crippen LogP contribution in [0.25, 0.3) is 0 Å². The summed E-state index contributed by atoms with van der Waals surface area (Å²) in [6, 6.07) is 8.08. The van der Waals surface area contributed by atoms with Gasteiger partial charge in [-0.1, -0.05) is 23.4 Å². The van der Waals surface area contributed by atoms with Gasteiger partial charge in [-0.2, -0.15) is 0 Å². The number of aromatic nitrogens is 3. The fourth-order valence-electron chi connectivity index (χ4n) is 3.39. The predicted molar refractivity (Wildman–Crippen MR) is 95.3 cm³/mol. The zero-order chi connectivity index (χ0) is 19.9. The summed E-state index contributed by atoms with van der Waals surface area (Å²) in [5.74, 6) is -0.792. The summed E-state index contributed by atoms with van der Waals surface area (Å²) in [6.45, 7) is 3.35. The van der Waals surface area contributed by atoms with Crippen LogP contribution in [-0.2, 0) is 30.8 Å². The van der Waals surface area contributed by atoms with Gasteiger partial charge in [-0.15, -0.1) is 5.10 Å². The Morgan fingerprint density at radius 2 is 1.93 bits per heavy atom. The molecule has 4 atom stereocenters. The summed E-state index contributed by atoms with van der Waals surface area (Å²) in [4.78, 5) is 0.175. The van der Waals surface area contributed by atoms with Gasteiger partial charge < -0.3 is 19.3 Å². The molecule has 10 nitrogen and oxygen atoms in total. The van der Waals surface area contributed by atoms with Gasteiger partial charge in [0.15, 0.2) is 12.0 Å². The molecule has 2 aliphatic heterocycles. The van der Waals surface area contributed by atoms with Gasteiger partial charge in [0.05, 0.1) is 29.9 Å². The zero-order valence-corrected chi connectivity index (χ0v) is 16.2. The molecule has 1 aromatic carbocycles. The van der Waals surface area contributed by atoms with Crippen LogP contribution in [0.1, 0.15) is 25.8 Å². The molecule has 28 heavy (non-hydrogen) atoms. The monoisotopic (exact) mass is 410 g/mol. The number of fused-ring (bicyclic) bond motifs is 1. The average Bonchev–Trinajstić information content (AvgIpc) is 3.33. The second-order valence-electron chi connectivity index (χ2n) is 7.14. The van der Waals surface area contributed by atoms with Gasteiger partial charge in [-0.05, 0) is 26.0 Å². The molecule has 11 heteroatoms. The van der Waals surface area contributed by atoms with Crippen LogP contribution >= 0.6 is 0 Å². The summed E-state index contributed by atoms with van der Waals surface area (Å²) >= 11 is 0. The number of nitrogens with one attached hydrogen (secondary N) is 1. The first-order chi connectivity index (χ1) is 13.3. The minimum absolute atomic E-state index is 0.0235. The highest BCUT2D eigenvalue weighted by molar-refractivity contribution is 7.89. The molecule has 0 bridgehead atoms. The maximum atomic E-state index is 12.3. The van der Waals surface area contributed by atoms with Crippen LogP contribution in [0.4, 0.5) is 0 Å². The molecule has 0 unspecified atom stereocenters. The van der Waals surface area contributed by atoms with Crippen molar-refractivity contribution < 1.29 is 27.7 Å². The third-order valence-corrected chi connectivity index (χ3v) is 6.04. The van der Waals surface area contributed by atoms with E-state index in [-0.39, 0.29) is 18.0 Å². The summed E-state index contributed by atoms with van der Waals surface area (Å²) in [7, 11) is -3.65. The molecule has 152 valence electrons. The Morgan fingerprint density at radius 1 is 1.21 bits per heavy atom. The van der Waals surface area contributed by atoms with Gasteiger partial charge in [-0.25, -0.2) is 17.8 Å². The van der Waals surface area contributed by atoms with Gasteiger partial charge in [0.25, 0.3) is 0 Å². The van der Waals surface area contributed by atoms with E-state index in [1.54, 1.807) is 38.2 Å². The molecule has 0 spiro atoms. The minimum atomic E-state index is -3.65. The highest BCUT2D eigenvalue weighted by Gasteiger charge is 2.56. The van der Waals surface area contributed by atoms with E-state index in [1.165, 1.54) is 16.8 Å². The van der Waals surface area contributed by atoms with E-state index in [2.05, 4.69) is 15.0 Å². The van der Waals surface area contributed by atoms with Crippen LogP contribution in [0, 0.1) is 0 Å². The van der Waals surface area contributed by atoms with E-state index in [4.69, 9.17) is 14.2 Å². The van der Waals surface area contributed by atoms with Crippen molar-refractivity contribution in [3.63, 3.8) is 0 Å². The Morgan fingerprint density at radius 3 is 2.64 bits per heavy atom. The number of ether oxygens (including phenoxy) is 3. The van der Waals surface area contributed by atoms with Crippen molar-refractivity contribution in [1.29, 1.82) is 0 Å². The molecule has 2 saturated heterocycles. The van der Waals surface area contributed by atoms with Crippen LogP contribution in [-0.4, -0.2) is 59.2 Å². The van der Waals surface area contributed by atoms with Crippen molar-refractivity contribution in [2.75, 3.05) is 6.61 Å². The predicted octanol–water partition coefficient (Wildman–Crippen LogP) is 0.166. The van der Waals surface area contributed by atoms with Gasteiger partial charge >= 0.3 is 0 Å². The lowest BCUT2D eigenvalue weighted by Gasteiger charge is -2.23. The number of rotatable bonds is 6. The summed E-state index contributed by atoms with van der Waals surface area (Å²) < 4.78 is 46.1. The molecule has 4 rings (SSSR count). The Balaban J connectivity index is 1.46. The van der Waals surface area contributed by atoms with Crippen molar-refractivity contribution >= 4 is 10.0 Å². The van der Waals surface area contributed by atoms with Crippen molar-refractivity contribution in [1.82, 2.24) is 19.7 Å². The third-order valence-electron chi connectivity index (χ3n) is 4.62. The largest absolute Gasteiger partial charge is 0.394 e. The standard InChI is InChI=1S/C17H22N4O6S/c1-17(2)26-14-13(10-22)25-16(15(14)27-17)21-9-11(19-20-21)8-18-28(23,24)12-6-4-3-5-7-12/h3-7,9,13-16,18,22H,8,10H2,1-2H3/t13-,14-,15-,16-/m1/s1. The first kappa shape index (κ1) is 19.4. The number of hydrogen-bond donors (Lipinski definition) is 2. The van der Waals surface area contributed by atoms with Crippen molar-refractivity contribution in [3.05, 3.63) is 42.2 Å².